The zero-order valence-corrected chi connectivity index (χ0v) is 13.8. The van der Waals surface area contributed by atoms with Gasteiger partial charge in [-0.05, 0) is 41.8 Å². The SMILES string of the molecule is CCSNc1ccc(-c2cc(NC=O)nc3[nH]cc(C)c23)cc1. The topological polar surface area (TPSA) is 69.8 Å². The number of fused-ring (bicyclic) bond motifs is 1. The molecular weight excluding hydrogens is 308 g/mol. The number of pyridine rings is 1. The average molecular weight is 326 g/mol. The van der Waals surface area contributed by atoms with Gasteiger partial charge in [0, 0.05) is 23.0 Å². The number of aromatic amines is 1. The quantitative estimate of drug-likeness (QED) is 0.469. The number of carbonyl (C=O) groups excluding carboxylic acids is 1. The molecule has 0 aliphatic rings. The molecule has 3 rings (SSSR count). The van der Waals surface area contributed by atoms with E-state index in [1.807, 2.05) is 19.2 Å². The molecule has 0 unspecified atom stereocenters. The molecule has 0 radical (unpaired) electrons. The summed E-state index contributed by atoms with van der Waals surface area (Å²) in [7, 11) is 0. The van der Waals surface area contributed by atoms with E-state index in [0.717, 1.165) is 39.2 Å². The summed E-state index contributed by atoms with van der Waals surface area (Å²) < 4.78 is 3.29. The van der Waals surface area contributed by atoms with Crippen LogP contribution in [0, 0.1) is 6.92 Å². The number of hydrogen-bond donors (Lipinski definition) is 3. The standard InChI is InChI=1S/C17H18N4OS/c1-3-23-21-13-6-4-12(5-7-13)14-8-15(19-10-22)20-17-16(14)11(2)9-18-17/h4-10,21H,3H2,1-2H3,(H2,18,19,20,22). The number of H-pyrrole nitrogens is 1. The minimum atomic E-state index is 0.535. The molecule has 23 heavy (non-hydrogen) atoms. The summed E-state index contributed by atoms with van der Waals surface area (Å²) in [5.74, 6) is 1.55. The molecule has 2 aromatic heterocycles. The molecule has 0 saturated heterocycles. The molecule has 3 N–H and O–H groups in total. The second kappa shape index (κ2) is 6.75. The summed E-state index contributed by atoms with van der Waals surface area (Å²) >= 11 is 1.66. The minimum Gasteiger partial charge on any atom is -0.346 e. The highest BCUT2D eigenvalue weighted by Crippen LogP contribution is 2.32. The summed E-state index contributed by atoms with van der Waals surface area (Å²) in [6.07, 6.45) is 2.57. The number of aryl methyl sites for hydroxylation is 1. The summed E-state index contributed by atoms with van der Waals surface area (Å²) in [6.45, 7) is 4.15. The van der Waals surface area contributed by atoms with Gasteiger partial charge in [0.2, 0.25) is 6.41 Å². The molecule has 6 heteroatoms. The van der Waals surface area contributed by atoms with Crippen LogP contribution in [0.1, 0.15) is 12.5 Å². The first kappa shape index (κ1) is 15.4. The molecular formula is C17H18N4OS. The second-order valence-corrected chi connectivity index (χ2v) is 6.20. The number of nitrogens with one attached hydrogen (secondary N) is 3. The molecule has 0 aliphatic carbocycles. The number of hydrogen-bond acceptors (Lipinski definition) is 4. The van der Waals surface area contributed by atoms with Gasteiger partial charge in [-0.2, -0.15) is 0 Å². The Labute approximate surface area is 139 Å². The maximum Gasteiger partial charge on any atom is 0.212 e. The van der Waals surface area contributed by atoms with Crippen molar-refractivity contribution in [1.82, 2.24) is 9.97 Å². The predicted octanol–water partition coefficient (Wildman–Crippen LogP) is 4.19. The summed E-state index contributed by atoms with van der Waals surface area (Å²) in [4.78, 5) is 18.3. The molecule has 3 aromatic rings. The Kier molecular flexibility index (Phi) is 4.52. The Morgan fingerprint density at radius 1 is 1.30 bits per heavy atom. The normalized spacial score (nSPS) is 10.7. The van der Waals surface area contributed by atoms with Gasteiger partial charge < -0.3 is 15.0 Å². The van der Waals surface area contributed by atoms with Crippen LogP contribution in [0.2, 0.25) is 0 Å². The van der Waals surface area contributed by atoms with E-state index in [1.165, 1.54) is 0 Å². The fraction of sp³-hybridized carbons (Fsp3) is 0.176. The Bertz CT molecular complexity index is 826. The van der Waals surface area contributed by atoms with Crippen molar-refractivity contribution < 1.29 is 4.79 Å². The lowest BCUT2D eigenvalue weighted by Crippen LogP contribution is -1.98. The van der Waals surface area contributed by atoms with Gasteiger partial charge >= 0.3 is 0 Å². The number of rotatable bonds is 6. The highest BCUT2D eigenvalue weighted by atomic mass is 32.2. The van der Waals surface area contributed by atoms with Crippen molar-refractivity contribution in [2.24, 2.45) is 0 Å². The van der Waals surface area contributed by atoms with Crippen LogP contribution >= 0.6 is 11.9 Å². The Hall–Kier alpha value is -2.47. The first-order chi connectivity index (χ1) is 11.2. The van der Waals surface area contributed by atoms with E-state index in [0.29, 0.717) is 12.2 Å². The van der Waals surface area contributed by atoms with Gasteiger partial charge in [0.05, 0.1) is 0 Å². The molecule has 0 atom stereocenters. The highest BCUT2D eigenvalue weighted by Gasteiger charge is 2.11. The molecule has 118 valence electrons. The molecule has 0 fully saturated rings. The van der Waals surface area contributed by atoms with E-state index < -0.39 is 0 Å². The van der Waals surface area contributed by atoms with Crippen LogP contribution in [-0.4, -0.2) is 22.1 Å². The van der Waals surface area contributed by atoms with E-state index in [-0.39, 0.29) is 0 Å². The van der Waals surface area contributed by atoms with Crippen molar-refractivity contribution >= 4 is 40.9 Å². The Morgan fingerprint density at radius 2 is 2.09 bits per heavy atom. The summed E-state index contributed by atoms with van der Waals surface area (Å²) in [5, 5.41) is 3.71. The van der Waals surface area contributed by atoms with E-state index >= 15 is 0 Å². The largest absolute Gasteiger partial charge is 0.346 e. The predicted molar refractivity (Wildman–Crippen MR) is 97.7 cm³/mol. The first-order valence-corrected chi connectivity index (χ1v) is 8.38. The second-order valence-electron chi connectivity index (χ2n) is 5.12. The van der Waals surface area contributed by atoms with Crippen LogP contribution < -0.4 is 10.0 Å². The fourth-order valence-electron chi connectivity index (χ4n) is 2.53. The van der Waals surface area contributed by atoms with E-state index in [9.17, 15) is 4.79 Å². The van der Waals surface area contributed by atoms with Crippen LogP contribution in [-0.2, 0) is 4.79 Å². The molecule has 5 nitrogen and oxygen atoms in total. The third-order valence-electron chi connectivity index (χ3n) is 3.58. The van der Waals surface area contributed by atoms with Crippen molar-refractivity contribution in [1.29, 1.82) is 0 Å². The molecule has 0 saturated carbocycles. The lowest BCUT2D eigenvalue weighted by molar-refractivity contribution is -0.105. The van der Waals surface area contributed by atoms with Crippen molar-refractivity contribution in [3.8, 4) is 11.1 Å². The van der Waals surface area contributed by atoms with Crippen molar-refractivity contribution in [3.05, 3.63) is 42.1 Å². The number of benzene rings is 1. The Balaban J connectivity index is 2.06. The number of amides is 1. The summed E-state index contributed by atoms with van der Waals surface area (Å²) in [5.41, 5.74) is 5.11. The number of aromatic nitrogens is 2. The van der Waals surface area contributed by atoms with Crippen molar-refractivity contribution in [2.45, 2.75) is 13.8 Å². The molecule has 0 bridgehead atoms. The van der Waals surface area contributed by atoms with Gasteiger partial charge in [0.25, 0.3) is 0 Å². The van der Waals surface area contributed by atoms with E-state index in [2.05, 4.69) is 51.2 Å². The zero-order valence-electron chi connectivity index (χ0n) is 13.0. The number of anilines is 2. The molecule has 2 heterocycles. The first-order valence-electron chi connectivity index (χ1n) is 7.40. The molecule has 1 aromatic carbocycles. The van der Waals surface area contributed by atoms with Crippen LogP contribution in [0.25, 0.3) is 22.2 Å². The molecule has 1 amide bonds. The Morgan fingerprint density at radius 3 is 2.78 bits per heavy atom. The third kappa shape index (κ3) is 3.17. The van der Waals surface area contributed by atoms with Gasteiger partial charge in [0.1, 0.15) is 11.5 Å². The van der Waals surface area contributed by atoms with Gasteiger partial charge in [-0.25, -0.2) is 4.98 Å². The molecule has 0 spiro atoms. The average Bonchev–Trinajstić information content (AvgIpc) is 2.94. The van der Waals surface area contributed by atoms with Crippen molar-refractivity contribution in [2.75, 3.05) is 15.8 Å². The van der Waals surface area contributed by atoms with Crippen LogP contribution in [0.4, 0.5) is 11.5 Å². The minimum absolute atomic E-state index is 0.535. The smallest absolute Gasteiger partial charge is 0.212 e. The number of carbonyl (C=O) groups is 1. The fourth-order valence-corrected chi connectivity index (χ4v) is 2.98. The summed E-state index contributed by atoms with van der Waals surface area (Å²) in [6, 6.07) is 10.2. The van der Waals surface area contributed by atoms with Gasteiger partial charge in [-0.15, -0.1) is 0 Å². The van der Waals surface area contributed by atoms with Crippen LogP contribution in [0.15, 0.2) is 36.5 Å². The molecule has 0 aliphatic heterocycles. The van der Waals surface area contributed by atoms with Gasteiger partial charge in [-0.3, -0.25) is 4.79 Å². The monoisotopic (exact) mass is 326 g/mol. The van der Waals surface area contributed by atoms with E-state index in [1.54, 1.807) is 11.9 Å². The van der Waals surface area contributed by atoms with Crippen LogP contribution in [0.5, 0.6) is 0 Å². The van der Waals surface area contributed by atoms with Crippen LogP contribution in [0.3, 0.4) is 0 Å². The van der Waals surface area contributed by atoms with Crippen molar-refractivity contribution in [3.63, 3.8) is 0 Å². The number of nitrogens with zero attached hydrogens (tertiary/aromatic N) is 1. The van der Waals surface area contributed by atoms with E-state index in [4.69, 9.17) is 0 Å². The van der Waals surface area contributed by atoms with Gasteiger partial charge in [0.15, 0.2) is 0 Å². The van der Waals surface area contributed by atoms with Gasteiger partial charge in [-0.1, -0.05) is 31.0 Å². The maximum atomic E-state index is 10.7. The zero-order chi connectivity index (χ0) is 16.2. The lowest BCUT2D eigenvalue weighted by atomic mass is 10.0. The lowest BCUT2D eigenvalue weighted by Gasteiger charge is -2.09. The third-order valence-corrected chi connectivity index (χ3v) is 4.24. The highest BCUT2D eigenvalue weighted by molar-refractivity contribution is 8.00. The maximum absolute atomic E-state index is 10.7.